The molecule has 0 aliphatic carbocycles. The molecule has 0 fully saturated rings. The first-order chi connectivity index (χ1) is 11.3. The van der Waals surface area contributed by atoms with E-state index in [1.54, 1.807) is 17.7 Å². The van der Waals surface area contributed by atoms with Crippen LogP contribution in [-0.4, -0.2) is 40.4 Å². The first-order valence-corrected chi connectivity index (χ1v) is 9.12. The van der Waals surface area contributed by atoms with Gasteiger partial charge in [0.2, 0.25) is 0 Å². The van der Waals surface area contributed by atoms with Gasteiger partial charge in [0.05, 0.1) is 0 Å². The fourth-order valence-corrected chi connectivity index (χ4v) is 2.90. The van der Waals surface area contributed by atoms with Gasteiger partial charge in [-0.25, -0.2) is 0 Å². The predicted molar refractivity (Wildman–Crippen MR) is 111 cm³/mol. The highest BCUT2D eigenvalue weighted by Crippen LogP contribution is 2.07. The van der Waals surface area contributed by atoms with E-state index in [1.165, 1.54) is 4.88 Å². The van der Waals surface area contributed by atoms with Crippen LogP contribution in [0.25, 0.3) is 0 Å². The minimum Gasteiger partial charge on any atom is -0.356 e. The second-order valence-corrected chi connectivity index (χ2v) is 6.24. The Morgan fingerprint density at radius 2 is 2.12 bits per heavy atom. The van der Waals surface area contributed by atoms with Gasteiger partial charge in [-0.05, 0) is 24.3 Å². The van der Waals surface area contributed by atoms with Gasteiger partial charge in [-0.3, -0.25) is 4.99 Å². The van der Waals surface area contributed by atoms with Crippen LogP contribution in [0.3, 0.4) is 0 Å². The van der Waals surface area contributed by atoms with Crippen molar-refractivity contribution in [3.8, 4) is 0 Å². The number of nitrogens with one attached hydrogen (secondary N) is 2. The molecule has 0 amide bonds. The molecule has 8 heteroatoms. The highest BCUT2D eigenvalue weighted by Gasteiger charge is 2.03. The lowest BCUT2D eigenvalue weighted by molar-refractivity contribution is 0.631. The first-order valence-electron chi connectivity index (χ1n) is 8.24. The highest BCUT2D eigenvalue weighted by molar-refractivity contribution is 14.0. The molecule has 0 spiro atoms. The molecule has 2 N–H and O–H groups in total. The average Bonchev–Trinajstić information content (AvgIpc) is 3.23. The normalized spacial score (nSPS) is 11.2. The second-order valence-electron chi connectivity index (χ2n) is 5.21. The molecular weight excluding hydrogens is 435 g/mol. The van der Waals surface area contributed by atoms with Crippen LogP contribution >= 0.6 is 35.3 Å². The Bertz CT molecular complexity index is 581. The molecule has 0 saturated heterocycles. The lowest BCUT2D eigenvalue weighted by Crippen LogP contribution is -2.40. The van der Waals surface area contributed by atoms with Crippen molar-refractivity contribution in [3.05, 3.63) is 34.5 Å². The summed E-state index contributed by atoms with van der Waals surface area (Å²) in [5.74, 6) is 1.90. The Morgan fingerprint density at radius 3 is 2.83 bits per heavy atom. The van der Waals surface area contributed by atoms with E-state index in [2.05, 4.69) is 61.8 Å². The Hall–Kier alpha value is -1.16. The number of aliphatic imine (C=N–C) groups is 1. The number of aryl methyl sites for hydroxylation is 1. The van der Waals surface area contributed by atoms with Crippen molar-refractivity contribution in [1.29, 1.82) is 0 Å². The second kappa shape index (κ2) is 12.2. The van der Waals surface area contributed by atoms with E-state index >= 15 is 0 Å². The molecule has 0 aromatic carbocycles. The van der Waals surface area contributed by atoms with Gasteiger partial charge in [-0.2, -0.15) is 0 Å². The Kier molecular flexibility index (Phi) is 10.6. The maximum absolute atomic E-state index is 4.58. The molecule has 0 bridgehead atoms. The maximum atomic E-state index is 4.58. The van der Waals surface area contributed by atoms with Crippen molar-refractivity contribution in [2.45, 2.75) is 39.7 Å². The van der Waals surface area contributed by atoms with Crippen LogP contribution in [0.5, 0.6) is 0 Å². The van der Waals surface area contributed by atoms with E-state index in [0.29, 0.717) is 0 Å². The molecule has 0 radical (unpaired) electrons. The monoisotopic (exact) mass is 462 g/mol. The summed E-state index contributed by atoms with van der Waals surface area (Å²) in [6, 6.07) is 4.26. The third kappa shape index (κ3) is 7.16. The van der Waals surface area contributed by atoms with Crippen LogP contribution in [0.15, 0.2) is 28.8 Å². The number of halogens is 1. The number of aromatic nitrogens is 3. The van der Waals surface area contributed by atoms with Gasteiger partial charge in [0, 0.05) is 37.5 Å². The molecule has 2 aromatic heterocycles. The molecule has 0 aliphatic rings. The van der Waals surface area contributed by atoms with Gasteiger partial charge in [-0.15, -0.1) is 45.5 Å². The molecule has 0 atom stereocenters. The smallest absolute Gasteiger partial charge is 0.191 e. The first kappa shape index (κ1) is 20.9. The van der Waals surface area contributed by atoms with Gasteiger partial charge in [0.15, 0.2) is 5.96 Å². The van der Waals surface area contributed by atoms with E-state index in [9.17, 15) is 0 Å². The summed E-state index contributed by atoms with van der Waals surface area (Å²) in [6.07, 6.45) is 4.75. The molecule has 134 valence electrons. The summed E-state index contributed by atoms with van der Waals surface area (Å²) >= 11 is 1.80. The van der Waals surface area contributed by atoms with Crippen LogP contribution in [0.1, 0.15) is 31.0 Å². The summed E-state index contributed by atoms with van der Waals surface area (Å²) in [5, 5.41) is 17.0. The highest BCUT2D eigenvalue weighted by atomic mass is 127. The maximum Gasteiger partial charge on any atom is 0.191 e. The van der Waals surface area contributed by atoms with E-state index in [1.807, 2.05) is 0 Å². The van der Waals surface area contributed by atoms with Crippen molar-refractivity contribution < 1.29 is 0 Å². The number of thiophene rings is 1. The summed E-state index contributed by atoms with van der Waals surface area (Å²) in [7, 11) is 0. The van der Waals surface area contributed by atoms with Crippen molar-refractivity contribution in [1.82, 2.24) is 25.4 Å². The van der Waals surface area contributed by atoms with E-state index in [-0.39, 0.29) is 24.0 Å². The zero-order valence-corrected chi connectivity index (χ0v) is 17.5. The quantitative estimate of drug-likeness (QED) is 0.342. The van der Waals surface area contributed by atoms with Crippen LogP contribution in [0, 0.1) is 0 Å². The van der Waals surface area contributed by atoms with Gasteiger partial charge < -0.3 is 15.2 Å². The fraction of sp³-hybridized carbons (Fsp3) is 0.562. The number of hydrogen-bond donors (Lipinski definition) is 2. The number of hydrogen-bond acceptors (Lipinski definition) is 4. The molecule has 24 heavy (non-hydrogen) atoms. The van der Waals surface area contributed by atoms with Crippen molar-refractivity contribution in [2.75, 3.05) is 19.6 Å². The minimum absolute atomic E-state index is 0. The molecule has 0 unspecified atom stereocenters. The lowest BCUT2D eigenvalue weighted by atomic mass is 10.3. The van der Waals surface area contributed by atoms with Gasteiger partial charge in [-0.1, -0.05) is 19.9 Å². The Labute approximate surface area is 165 Å². The molecule has 2 rings (SSSR count). The number of guanidine groups is 1. The summed E-state index contributed by atoms with van der Waals surface area (Å²) in [4.78, 5) is 5.97. The summed E-state index contributed by atoms with van der Waals surface area (Å²) < 4.78 is 2.08. The fourth-order valence-electron chi connectivity index (χ4n) is 2.19. The molecule has 0 saturated carbocycles. The van der Waals surface area contributed by atoms with Gasteiger partial charge in [0.25, 0.3) is 0 Å². The summed E-state index contributed by atoms with van der Waals surface area (Å²) in [6.45, 7) is 7.60. The molecular formula is C16H27IN6S. The predicted octanol–water partition coefficient (Wildman–Crippen LogP) is 2.71. The van der Waals surface area contributed by atoms with Crippen molar-refractivity contribution in [2.24, 2.45) is 4.99 Å². The zero-order valence-electron chi connectivity index (χ0n) is 14.4. The molecule has 0 aliphatic heterocycles. The van der Waals surface area contributed by atoms with Gasteiger partial charge in [0.1, 0.15) is 12.2 Å². The minimum atomic E-state index is 0. The van der Waals surface area contributed by atoms with Crippen LogP contribution in [0.2, 0.25) is 0 Å². The SMILES string of the molecule is CCCN=C(NCCc1cccs1)NCCn1cnnc1CC.I. The topological polar surface area (TPSA) is 67.1 Å². The largest absolute Gasteiger partial charge is 0.356 e. The van der Waals surface area contributed by atoms with E-state index < -0.39 is 0 Å². The lowest BCUT2D eigenvalue weighted by Gasteiger charge is -2.13. The van der Waals surface area contributed by atoms with Gasteiger partial charge >= 0.3 is 0 Å². The number of rotatable bonds is 9. The Morgan fingerprint density at radius 1 is 1.29 bits per heavy atom. The van der Waals surface area contributed by atoms with Crippen molar-refractivity contribution >= 4 is 41.3 Å². The average molecular weight is 462 g/mol. The third-order valence-corrected chi connectivity index (χ3v) is 4.33. The van der Waals surface area contributed by atoms with E-state index in [0.717, 1.165) is 57.2 Å². The molecule has 2 heterocycles. The van der Waals surface area contributed by atoms with Crippen LogP contribution < -0.4 is 10.6 Å². The standard InChI is InChI=1S/C16H26N6S.HI/c1-3-8-17-16(18-9-7-14-6-5-12-23-14)19-10-11-22-13-20-21-15(22)4-2;/h5-6,12-13H,3-4,7-11H2,1-2H3,(H2,17,18,19);1H. The third-order valence-electron chi connectivity index (χ3n) is 3.39. The van der Waals surface area contributed by atoms with E-state index in [4.69, 9.17) is 0 Å². The zero-order chi connectivity index (χ0) is 16.3. The van der Waals surface area contributed by atoms with Crippen LogP contribution in [0.4, 0.5) is 0 Å². The Balaban J connectivity index is 0.00000288. The summed E-state index contributed by atoms with van der Waals surface area (Å²) in [5.41, 5.74) is 0. The van der Waals surface area contributed by atoms with Crippen LogP contribution in [-0.2, 0) is 19.4 Å². The van der Waals surface area contributed by atoms with Crippen molar-refractivity contribution in [3.63, 3.8) is 0 Å². The molecule has 2 aromatic rings. The molecule has 6 nitrogen and oxygen atoms in total. The number of nitrogens with zero attached hydrogens (tertiary/aromatic N) is 4.